The van der Waals surface area contributed by atoms with E-state index in [0.717, 1.165) is 12.1 Å². The molecule has 0 spiro atoms. The first-order chi connectivity index (χ1) is 9.67. The Balaban J connectivity index is 2.32. The van der Waals surface area contributed by atoms with E-state index < -0.39 is 6.10 Å². The maximum atomic E-state index is 14.3. The minimum absolute atomic E-state index is 0.0640. The standard InChI is InChI=1S/C15H20FN3O/c1-3-18-11(2)13-5-4-6-14(16)15(13)19-7-8-20-12(9-17)10-19/h4-6,11-12,18H,3,7-8,10H2,1-2H3. The first-order valence-electron chi connectivity index (χ1n) is 6.95. The predicted octanol–water partition coefficient (Wildman–Crippen LogP) is 2.22. The van der Waals surface area contributed by atoms with E-state index in [1.54, 1.807) is 6.07 Å². The quantitative estimate of drug-likeness (QED) is 0.917. The average molecular weight is 277 g/mol. The minimum atomic E-state index is -0.495. The van der Waals surface area contributed by atoms with Crippen molar-refractivity contribution >= 4 is 5.69 Å². The van der Waals surface area contributed by atoms with Crippen LogP contribution in [0.1, 0.15) is 25.5 Å². The van der Waals surface area contributed by atoms with Gasteiger partial charge < -0.3 is 15.0 Å². The van der Waals surface area contributed by atoms with Gasteiger partial charge in [0.15, 0.2) is 6.10 Å². The molecule has 1 aliphatic rings. The fourth-order valence-electron chi connectivity index (χ4n) is 2.56. The second-order valence-corrected chi connectivity index (χ2v) is 4.89. The van der Waals surface area contributed by atoms with E-state index in [1.165, 1.54) is 6.07 Å². The second-order valence-electron chi connectivity index (χ2n) is 4.89. The Labute approximate surface area is 119 Å². The predicted molar refractivity (Wildman–Crippen MR) is 76.1 cm³/mol. The van der Waals surface area contributed by atoms with E-state index in [0.29, 0.717) is 25.4 Å². The topological polar surface area (TPSA) is 48.3 Å². The molecule has 0 radical (unpaired) electrons. The van der Waals surface area contributed by atoms with Crippen LogP contribution in [-0.2, 0) is 4.74 Å². The molecule has 0 amide bonds. The number of benzene rings is 1. The zero-order valence-electron chi connectivity index (χ0n) is 11.9. The number of halogens is 1. The van der Waals surface area contributed by atoms with Crippen LogP contribution in [0.3, 0.4) is 0 Å². The van der Waals surface area contributed by atoms with Gasteiger partial charge in [-0.25, -0.2) is 4.39 Å². The third-order valence-electron chi connectivity index (χ3n) is 3.52. The molecule has 108 valence electrons. The number of nitrogens with one attached hydrogen (secondary N) is 1. The summed E-state index contributed by atoms with van der Waals surface area (Å²) in [7, 11) is 0. The zero-order chi connectivity index (χ0) is 14.5. The van der Waals surface area contributed by atoms with E-state index in [1.807, 2.05) is 24.8 Å². The Kier molecular flexibility index (Phi) is 4.94. The molecule has 1 fully saturated rings. The highest BCUT2D eigenvalue weighted by molar-refractivity contribution is 5.56. The molecule has 5 heteroatoms. The Morgan fingerprint density at radius 2 is 2.40 bits per heavy atom. The van der Waals surface area contributed by atoms with Gasteiger partial charge in [0.2, 0.25) is 0 Å². The summed E-state index contributed by atoms with van der Waals surface area (Å²) in [5.41, 5.74) is 1.51. The molecule has 20 heavy (non-hydrogen) atoms. The molecule has 0 bridgehead atoms. The van der Waals surface area contributed by atoms with Crippen LogP contribution in [0.2, 0.25) is 0 Å². The van der Waals surface area contributed by atoms with Crippen LogP contribution in [0.5, 0.6) is 0 Å². The molecule has 1 heterocycles. The van der Waals surface area contributed by atoms with Crippen molar-refractivity contribution in [2.75, 3.05) is 31.1 Å². The highest BCUT2D eigenvalue weighted by Crippen LogP contribution is 2.30. The molecule has 0 aliphatic carbocycles. The second kappa shape index (κ2) is 6.69. The van der Waals surface area contributed by atoms with Crippen molar-refractivity contribution in [1.29, 1.82) is 5.26 Å². The highest BCUT2D eigenvalue weighted by Gasteiger charge is 2.25. The summed E-state index contributed by atoms with van der Waals surface area (Å²) >= 11 is 0. The molecule has 2 unspecified atom stereocenters. The van der Waals surface area contributed by atoms with Gasteiger partial charge >= 0.3 is 0 Å². The maximum Gasteiger partial charge on any atom is 0.161 e. The number of para-hydroxylation sites is 1. The number of anilines is 1. The fourth-order valence-corrected chi connectivity index (χ4v) is 2.56. The van der Waals surface area contributed by atoms with Crippen molar-refractivity contribution in [2.24, 2.45) is 0 Å². The molecule has 1 N–H and O–H groups in total. The lowest BCUT2D eigenvalue weighted by molar-refractivity contribution is 0.0761. The number of hydrogen-bond donors (Lipinski definition) is 1. The molecule has 1 aromatic carbocycles. The number of nitrogens with zero attached hydrogens (tertiary/aromatic N) is 2. The van der Waals surface area contributed by atoms with E-state index in [9.17, 15) is 4.39 Å². The minimum Gasteiger partial charge on any atom is -0.363 e. The van der Waals surface area contributed by atoms with Gasteiger partial charge in [-0.05, 0) is 25.1 Å². The molecular weight excluding hydrogens is 257 g/mol. The van der Waals surface area contributed by atoms with Crippen LogP contribution in [0.4, 0.5) is 10.1 Å². The monoisotopic (exact) mass is 277 g/mol. The van der Waals surface area contributed by atoms with E-state index in [-0.39, 0.29) is 11.9 Å². The van der Waals surface area contributed by atoms with Gasteiger partial charge in [-0.2, -0.15) is 5.26 Å². The Morgan fingerprint density at radius 3 is 3.10 bits per heavy atom. The van der Waals surface area contributed by atoms with Crippen molar-refractivity contribution in [2.45, 2.75) is 26.0 Å². The van der Waals surface area contributed by atoms with Crippen LogP contribution in [0.25, 0.3) is 0 Å². The molecule has 2 atom stereocenters. The molecule has 4 nitrogen and oxygen atoms in total. The van der Waals surface area contributed by atoms with E-state index >= 15 is 0 Å². The summed E-state index contributed by atoms with van der Waals surface area (Å²) in [6.45, 7) is 6.32. The van der Waals surface area contributed by atoms with Crippen molar-refractivity contribution in [3.8, 4) is 6.07 Å². The van der Waals surface area contributed by atoms with Gasteiger partial charge in [0.1, 0.15) is 5.82 Å². The van der Waals surface area contributed by atoms with Crippen molar-refractivity contribution in [1.82, 2.24) is 5.32 Å². The lowest BCUT2D eigenvalue weighted by Crippen LogP contribution is -2.43. The summed E-state index contributed by atoms with van der Waals surface area (Å²) in [5, 5.41) is 12.3. The first kappa shape index (κ1) is 14.8. The molecule has 0 saturated carbocycles. The summed E-state index contributed by atoms with van der Waals surface area (Å²) < 4.78 is 19.6. The molecule has 1 saturated heterocycles. The molecule has 0 aromatic heterocycles. The number of nitriles is 1. The Morgan fingerprint density at radius 1 is 1.60 bits per heavy atom. The van der Waals surface area contributed by atoms with Gasteiger partial charge in [-0.1, -0.05) is 19.1 Å². The smallest absolute Gasteiger partial charge is 0.161 e. The van der Waals surface area contributed by atoms with Gasteiger partial charge in [0.05, 0.1) is 24.9 Å². The zero-order valence-corrected chi connectivity index (χ0v) is 11.9. The average Bonchev–Trinajstić information content (AvgIpc) is 2.47. The number of morpholine rings is 1. The van der Waals surface area contributed by atoms with Crippen molar-refractivity contribution in [3.63, 3.8) is 0 Å². The highest BCUT2D eigenvalue weighted by atomic mass is 19.1. The van der Waals surface area contributed by atoms with Crippen LogP contribution < -0.4 is 10.2 Å². The number of hydrogen-bond acceptors (Lipinski definition) is 4. The van der Waals surface area contributed by atoms with Gasteiger partial charge in [-0.3, -0.25) is 0 Å². The molecule has 1 aromatic rings. The Hall–Kier alpha value is -1.64. The number of rotatable bonds is 4. The normalized spacial score (nSPS) is 20.5. The Bertz CT molecular complexity index is 500. The first-order valence-corrected chi connectivity index (χ1v) is 6.95. The third kappa shape index (κ3) is 3.09. The summed E-state index contributed by atoms with van der Waals surface area (Å²) in [5.74, 6) is -0.245. The molecule has 1 aliphatic heterocycles. The van der Waals surface area contributed by atoms with E-state index in [2.05, 4.69) is 11.4 Å². The van der Waals surface area contributed by atoms with E-state index in [4.69, 9.17) is 10.00 Å². The van der Waals surface area contributed by atoms with Crippen LogP contribution in [0, 0.1) is 17.1 Å². The third-order valence-corrected chi connectivity index (χ3v) is 3.52. The maximum absolute atomic E-state index is 14.3. The lowest BCUT2D eigenvalue weighted by Gasteiger charge is -2.34. The lowest BCUT2D eigenvalue weighted by atomic mass is 10.0. The summed E-state index contributed by atoms with van der Waals surface area (Å²) in [6, 6.07) is 7.29. The van der Waals surface area contributed by atoms with Crippen molar-refractivity contribution in [3.05, 3.63) is 29.6 Å². The van der Waals surface area contributed by atoms with Crippen LogP contribution >= 0.6 is 0 Å². The summed E-state index contributed by atoms with van der Waals surface area (Å²) in [4.78, 5) is 1.91. The molecular formula is C15H20FN3O. The van der Waals surface area contributed by atoms with Gasteiger partial charge in [0, 0.05) is 12.6 Å². The summed E-state index contributed by atoms with van der Waals surface area (Å²) in [6.07, 6.45) is -0.495. The molecule has 2 rings (SSSR count). The van der Waals surface area contributed by atoms with Gasteiger partial charge in [0.25, 0.3) is 0 Å². The number of ether oxygens (including phenoxy) is 1. The van der Waals surface area contributed by atoms with Gasteiger partial charge in [-0.15, -0.1) is 0 Å². The van der Waals surface area contributed by atoms with Crippen molar-refractivity contribution < 1.29 is 9.13 Å². The largest absolute Gasteiger partial charge is 0.363 e. The van der Waals surface area contributed by atoms with Crippen LogP contribution in [0.15, 0.2) is 18.2 Å². The SMILES string of the molecule is CCNC(C)c1cccc(F)c1N1CCOC(C#N)C1. The van der Waals surface area contributed by atoms with Crippen LogP contribution in [-0.4, -0.2) is 32.3 Å². The fraction of sp³-hybridized carbons (Fsp3) is 0.533.